The van der Waals surface area contributed by atoms with E-state index in [1.807, 2.05) is 64.1 Å². The molecule has 1 atom stereocenters. The lowest BCUT2D eigenvalue weighted by molar-refractivity contribution is -0.139. The number of hydrogen-bond donors (Lipinski definition) is 0. The Labute approximate surface area is 148 Å². The maximum atomic E-state index is 12.6. The number of amides is 1. The SMILES string of the molecule is Cc1ccc(C)c(OC(=O)[C@H]2CC(=O)N(c3cccc(C)c3C)C2)c1. The Morgan fingerprint density at radius 1 is 1.08 bits per heavy atom. The molecular weight excluding hydrogens is 314 g/mol. The van der Waals surface area contributed by atoms with Crippen LogP contribution in [0.1, 0.15) is 28.7 Å². The smallest absolute Gasteiger partial charge is 0.316 e. The van der Waals surface area contributed by atoms with Gasteiger partial charge in [0.15, 0.2) is 0 Å². The van der Waals surface area contributed by atoms with E-state index in [1.165, 1.54) is 0 Å². The lowest BCUT2D eigenvalue weighted by atomic mass is 10.1. The molecule has 2 aromatic rings. The molecule has 2 aromatic carbocycles. The number of rotatable bonds is 3. The zero-order chi connectivity index (χ0) is 18.1. The van der Waals surface area contributed by atoms with Crippen LogP contribution in [0, 0.1) is 33.6 Å². The molecule has 0 bridgehead atoms. The highest BCUT2D eigenvalue weighted by molar-refractivity contribution is 6.00. The van der Waals surface area contributed by atoms with E-state index in [-0.39, 0.29) is 18.3 Å². The zero-order valence-electron chi connectivity index (χ0n) is 15.1. The van der Waals surface area contributed by atoms with Crippen LogP contribution < -0.4 is 9.64 Å². The van der Waals surface area contributed by atoms with Gasteiger partial charge in [0, 0.05) is 18.7 Å². The monoisotopic (exact) mass is 337 g/mol. The molecule has 1 aliphatic heterocycles. The number of carbonyl (C=O) groups is 2. The number of benzene rings is 2. The van der Waals surface area contributed by atoms with Gasteiger partial charge < -0.3 is 9.64 Å². The molecule has 3 rings (SSSR count). The molecule has 1 aliphatic rings. The fourth-order valence-corrected chi connectivity index (χ4v) is 3.14. The summed E-state index contributed by atoms with van der Waals surface area (Å²) in [7, 11) is 0. The molecule has 1 saturated heterocycles. The summed E-state index contributed by atoms with van der Waals surface area (Å²) in [5.74, 6) is -0.235. The van der Waals surface area contributed by atoms with Crippen LogP contribution in [0.25, 0.3) is 0 Å². The van der Waals surface area contributed by atoms with Gasteiger partial charge in [-0.2, -0.15) is 0 Å². The van der Waals surface area contributed by atoms with Crippen molar-refractivity contribution < 1.29 is 14.3 Å². The molecule has 4 nitrogen and oxygen atoms in total. The molecular formula is C21H23NO3. The van der Waals surface area contributed by atoms with Crippen molar-refractivity contribution in [2.45, 2.75) is 34.1 Å². The van der Waals surface area contributed by atoms with Gasteiger partial charge in [-0.3, -0.25) is 9.59 Å². The van der Waals surface area contributed by atoms with Crippen molar-refractivity contribution in [1.29, 1.82) is 0 Å². The molecule has 4 heteroatoms. The zero-order valence-corrected chi connectivity index (χ0v) is 15.1. The molecule has 1 fully saturated rings. The fraction of sp³-hybridized carbons (Fsp3) is 0.333. The lowest BCUT2D eigenvalue weighted by Crippen LogP contribution is -2.28. The molecule has 25 heavy (non-hydrogen) atoms. The van der Waals surface area contributed by atoms with E-state index >= 15 is 0 Å². The van der Waals surface area contributed by atoms with Crippen LogP contribution in [-0.4, -0.2) is 18.4 Å². The van der Waals surface area contributed by atoms with Gasteiger partial charge in [0.05, 0.1) is 5.92 Å². The number of esters is 1. The molecule has 1 heterocycles. The minimum atomic E-state index is -0.438. The summed E-state index contributed by atoms with van der Waals surface area (Å²) >= 11 is 0. The van der Waals surface area contributed by atoms with Crippen LogP contribution in [0.4, 0.5) is 5.69 Å². The van der Waals surface area contributed by atoms with Gasteiger partial charge >= 0.3 is 5.97 Å². The quantitative estimate of drug-likeness (QED) is 0.631. The molecule has 0 saturated carbocycles. The minimum absolute atomic E-state index is 0.0309. The van der Waals surface area contributed by atoms with Gasteiger partial charge in [-0.25, -0.2) is 0 Å². The first kappa shape index (κ1) is 17.2. The molecule has 0 spiro atoms. The molecule has 0 unspecified atom stereocenters. The summed E-state index contributed by atoms with van der Waals surface area (Å²) < 4.78 is 5.58. The molecule has 0 N–H and O–H groups in total. The van der Waals surface area contributed by atoms with Crippen molar-refractivity contribution in [3.63, 3.8) is 0 Å². The van der Waals surface area contributed by atoms with E-state index in [0.29, 0.717) is 12.3 Å². The van der Waals surface area contributed by atoms with E-state index < -0.39 is 5.92 Å². The Kier molecular flexibility index (Phi) is 4.62. The van der Waals surface area contributed by atoms with E-state index in [2.05, 4.69) is 0 Å². The van der Waals surface area contributed by atoms with Crippen LogP contribution in [0.5, 0.6) is 5.75 Å². The molecule has 1 amide bonds. The Hall–Kier alpha value is -2.62. The highest BCUT2D eigenvalue weighted by Crippen LogP contribution is 2.30. The summed E-state index contributed by atoms with van der Waals surface area (Å²) in [4.78, 5) is 26.7. The summed E-state index contributed by atoms with van der Waals surface area (Å²) in [5.41, 5.74) is 5.03. The number of ether oxygens (including phenoxy) is 1. The van der Waals surface area contributed by atoms with Gasteiger partial charge in [-0.15, -0.1) is 0 Å². The van der Waals surface area contributed by atoms with Crippen molar-refractivity contribution >= 4 is 17.6 Å². The molecule has 0 radical (unpaired) electrons. The van der Waals surface area contributed by atoms with Gasteiger partial charge in [-0.1, -0.05) is 24.3 Å². The van der Waals surface area contributed by atoms with Crippen LogP contribution in [0.15, 0.2) is 36.4 Å². The second-order valence-electron chi connectivity index (χ2n) is 6.81. The van der Waals surface area contributed by atoms with Crippen molar-refractivity contribution in [1.82, 2.24) is 0 Å². The summed E-state index contributed by atoms with van der Waals surface area (Å²) in [6, 6.07) is 11.7. The first-order valence-corrected chi connectivity index (χ1v) is 8.52. The Bertz CT molecular complexity index is 841. The summed E-state index contributed by atoms with van der Waals surface area (Å²) in [6.07, 6.45) is 0.192. The average molecular weight is 337 g/mol. The van der Waals surface area contributed by atoms with Crippen LogP contribution in [0.2, 0.25) is 0 Å². The second-order valence-corrected chi connectivity index (χ2v) is 6.81. The van der Waals surface area contributed by atoms with E-state index in [1.54, 1.807) is 4.90 Å². The summed E-state index contributed by atoms with van der Waals surface area (Å²) in [5, 5.41) is 0. The van der Waals surface area contributed by atoms with Crippen molar-refractivity contribution in [3.05, 3.63) is 58.7 Å². The van der Waals surface area contributed by atoms with E-state index in [0.717, 1.165) is 27.9 Å². The highest BCUT2D eigenvalue weighted by atomic mass is 16.5. The second kappa shape index (κ2) is 6.71. The number of nitrogens with zero attached hydrogens (tertiary/aromatic N) is 1. The van der Waals surface area contributed by atoms with Crippen molar-refractivity contribution in [2.75, 3.05) is 11.4 Å². The van der Waals surface area contributed by atoms with Crippen LogP contribution >= 0.6 is 0 Å². The van der Waals surface area contributed by atoms with Crippen LogP contribution in [-0.2, 0) is 9.59 Å². The highest BCUT2D eigenvalue weighted by Gasteiger charge is 2.37. The lowest BCUT2D eigenvalue weighted by Gasteiger charge is -2.20. The van der Waals surface area contributed by atoms with Crippen molar-refractivity contribution in [2.24, 2.45) is 5.92 Å². The Morgan fingerprint density at radius 3 is 2.60 bits per heavy atom. The van der Waals surface area contributed by atoms with Crippen molar-refractivity contribution in [3.8, 4) is 5.75 Å². The third kappa shape index (κ3) is 3.43. The number of hydrogen-bond acceptors (Lipinski definition) is 3. The first-order valence-electron chi connectivity index (χ1n) is 8.52. The fourth-order valence-electron chi connectivity index (χ4n) is 3.14. The minimum Gasteiger partial charge on any atom is -0.426 e. The van der Waals surface area contributed by atoms with Gasteiger partial charge in [0.2, 0.25) is 5.91 Å². The third-order valence-corrected chi connectivity index (χ3v) is 4.88. The predicted molar refractivity (Wildman–Crippen MR) is 97.9 cm³/mol. The van der Waals surface area contributed by atoms with Crippen LogP contribution in [0.3, 0.4) is 0 Å². The Morgan fingerprint density at radius 2 is 1.84 bits per heavy atom. The first-order chi connectivity index (χ1) is 11.9. The number of anilines is 1. The van der Waals surface area contributed by atoms with E-state index in [9.17, 15) is 9.59 Å². The molecule has 0 aromatic heterocycles. The maximum Gasteiger partial charge on any atom is 0.316 e. The van der Waals surface area contributed by atoms with Gasteiger partial charge in [0.25, 0.3) is 0 Å². The largest absolute Gasteiger partial charge is 0.426 e. The number of carbonyl (C=O) groups excluding carboxylic acids is 2. The average Bonchev–Trinajstić information content (AvgIpc) is 2.95. The van der Waals surface area contributed by atoms with E-state index in [4.69, 9.17) is 4.74 Å². The Balaban J connectivity index is 1.77. The normalized spacial score (nSPS) is 17.0. The standard InChI is InChI=1S/C21H23NO3/c1-13-8-9-15(3)19(10-13)25-21(24)17-11-20(23)22(12-17)18-7-5-6-14(2)16(18)4/h5-10,17H,11-12H2,1-4H3/t17-/m0/s1. The predicted octanol–water partition coefficient (Wildman–Crippen LogP) is 3.88. The number of aryl methyl sites for hydroxylation is 3. The van der Waals surface area contributed by atoms with Gasteiger partial charge in [-0.05, 0) is 62.1 Å². The molecule has 0 aliphatic carbocycles. The third-order valence-electron chi connectivity index (χ3n) is 4.88. The summed E-state index contributed by atoms with van der Waals surface area (Å²) in [6.45, 7) is 8.25. The molecule has 130 valence electrons. The topological polar surface area (TPSA) is 46.6 Å². The maximum absolute atomic E-state index is 12.6. The van der Waals surface area contributed by atoms with Gasteiger partial charge in [0.1, 0.15) is 5.75 Å².